The fourth-order valence-corrected chi connectivity index (χ4v) is 2.68. The second-order valence-electron chi connectivity index (χ2n) is 5.47. The van der Waals surface area contributed by atoms with E-state index in [1.807, 2.05) is 12.3 Å². The molecular weight excluding hydrogens is 236 g/mol. The Labute approximate surface area is 116 Å². The van der Waals surface area contributed by atoms with Gasteiger partial charge in [0.2, 0.25) is 0 Å². The summed E-state index contributed by atoms with van der Waals surface area (Å²) in [5, 5.41) is 3.48. The van der Waals surface area contributed by atoms with Crippen LogP contribution < -0.4 is 10.2 Å². The molecule has 1 unspecified atom stereocenters. The van der Waals surface area contributed by atoms with Gasteiger partial charge in [-0.1, -0.05) is 13.0 Å². The van der Waals surface area contributed by atoms with Crippen LogP contribution in [0.25, 0.3) is 0 Å². The van der Waals surface area contributed by atoms with Gasteiger partial charge in [0.15, 0.2) is 0 Å². The summed E-state index contributed by atoms with van der Waals surface area (Å²) in [5.74, 6) is 1.16. The summed E-state index contributed by atoms with van der Waals surface area (Å²) in [5.41, 5.74) is 1.31. The van der Waals surface area contributed by atoms with Gasteiger partial charge in [-0.2, -0.15) is 0 Å². The quantitative estimate of drug-likeness (QED) is 0.819. The van der Waals surface area contributed by atoms with Gasteiger partial charge in [-0.05, 0) is 33.0 Å². The van der Waals surface area contributed by atoms with Crippen molar-refractivity contribution in [3.05, 3.63) is 23.9 Å². The molecule has 1 aliphatic rings. The summed E-state index contributed by atoms with van der Waals surface area (Å²) < 4.78 is 0. The predicted molar refractivity (Wildman–Crippen MR) is 80.5 cm³/mol. The van der Waals surface area contributed by atoms with Crippen molar-refractivity contribution >= 4 is 5.82 Å². The molecule has 19 heavy (non-hydrogen) atoms. The van der Waals surface area contributed by atoms with Gasteiger partial charge in [0.1, 0.15) is 5.82 Å². The highest BCUT2D eigenvalue weighted by atomic mass is 15.3. The molecule has 1 saturated heterocycles. The lowest BCUT2D eigenvalue weighted by molar-refractivity contribution is 0.274. The third-order valence-corrected chi connectivity index (χ3v) is 3.71. The highest BCUT2D eigenvalue weighted by Crippen LogP contribution is 2.21. The predicted octanol–water partition coefficient (Wildman–Crippen LogP) is 1.72. The SMILES string of the molecule is CCCNCc1cccnc1N1CCN(C)CC1C. The largest absolute Gasteiger partial charge is 0.351 e. The van der Waals surface area contributed by atoms with Gasteiger partial charge in [-0.15, -0.1) is 0 Å². The Morgan fingerprint density at radius 1 is 1.42 bits per heavy atom. The van der Waals surface area contributed by atoms with Crippen LogP contribution in [0.4, 0.5) is 5.82 Å². The molecule has 1 aliphatic heterocycles. The Morgan fingerprint density at radius 2 is 2.26 bits per heavy atom. The lowest BCUT2D eigenvalue weighted by Gasteiger charge is -2.39. The van der Waals surface area contributed by atoms with Crippen LogP contribution in [0.2, 0.25) is 0 Å². The van der Waals surface area contributed by atoms with Gasteiger partial charge in [0.05, 0.1) is 0 Å². The first-order chi connectivity index (χ1) is 9.22. The number of nitrogens with zero attached hydrogens (tertiary/aromatic N) is 3. The number of pyridine rings is 1. The molecule has 0 spiro atoms. The number of anilines is 1. The minimum absolute atomic E-state index is 0.526. The van der Waals surface area contributed by atoms with Crippen molar-refractivity contribution in [2.45, 2.75) is 32.9 Å². The van der Waals surface area contributed by atoms with Crippen LogP contribution >= 0.6 is 0 Å². The fourth-order valence-electron chi connectivity index (χ4n) is 2.68. The Hall–Kier alpha value is -1.13. The van der Waals surface area contributed by atoms with Gasteiger partial charge < -0.3 is 15.1 Å². The molecule has 1 aromatic rings. The van der Waals surface area contributed by atoms with E-state index in [1.54, 1.807) is 0 Å². The van der Waals surface area contributed by atoms with E-state index in [9.17, 15) is 0 Å². The van der Waals surface area contributed by atoms with Crippen molar-refractivity contribution in [1.82, 2.24) is 15.2 Å². The van der Waals surface area contributed by atoms with E-state index in [4.69, 9.17) is 0 Å². The molecule has 0 radical (unpaired) electrons. The second-order valence-corrected chi connectivity index (χ2v) is 5.47. The van der Waals surface area contributed by atoms with Gasteiger partial charge in [0, 0.05) is 44.0 Å². The number of hydrogen-bond donors (Lipinski definition) is 1. The number of piperazine rings is 1. The number of aromatic nitrogens is 1. The number of rotatable bonds is 5. The standard InChI is InChI=1S/C15H26N4/c1-4-7-16-11-14-6-5-8-17-15(14)19-10-9-18(3)12-13(19)2/h5-6,8,13,16H,4,7,9-12H2,1-3H3. The Bertz CT molecular complexity index is 393. The first-order valence-corrected chi connectivity index (χ1v) is 7.32. The van der Waals surface area contributed by atoms with E-state index < -0.39 is 0 Å². The molecule has 0 bridgehead atoms. The molecule has 1 N–H and O–H groups in total. The average Bonchev–Trinajstić information content (AvgIpc) is 2.40. The van der Waals surface area contributed by atoms with E-state index in [0.29, 0.717) is 6.04 Å². The molecule has 4 heteroatoms. The topological polar surface area (TPSA) is 31.4 Å². The number of likely N-dealkylation sites (N-methyl/N-ethyl adjacent to an activating group) is 1. The van der Waals surface area contributed by atoms with Gasteiger partial charge >= 0.3 is 0 Å². The van der Waals surface area contributed by atoms with Crippen molar-refractivity contribution in [3.8, 4) is 0 Å². The molecule has 4 nitrogen and oxygen atoms in total. The number of nitrogens with one attached hydrogen (secondary N) is 1. The van der Waals surface area contributed by atoms with Crippen LogP contribution in [0, 0.1) is 0 Å². The zero-order chi connectivity index (χ0) is 13.7. The summed E-state index contributed by atoms with van der Waals surface area (Å²) in [6.07, 6.45) is 3.07. The minimum atomic E-state index is 0.526. The minimum Gasteiger partial charge on any atom is -0.351 e. The van der Waals surface area contributed by atoms with E-state index >= 15 is 0 Å². The summed E-state index contributed by atoms with van der Waals surface area (Å²) >= 11 is 0. The average molecular weight is 262 g/mol. The third kappa shape index (κ3) is 3.67. The van der Waals surface area contributed by atoms with Crippen LogP contribution in [0.15, 0.2) is 18.3 Å². The monoisotopic (exact) mass is 262 g/mol. The van der Waals surface area contributed by atoms with E-state index in [-0.39, 0.29) is 0 Å². The van der Waals surface area contributed by atoms with Crippen LogP contribution in [-0.2, 0) is 6.54 Å². The molecular formula is C15H26N4. The van der Waals surface area contributed by atoms with Gasteiger partial charge in [-0.3, -0.25) is 0 Å². The Balaban J connectivity index is 2.10. The highest BCUT2D eigenvalue weighted by molar-refractivity contribution is 5.48. The Morgan fingerprint density at radius 3 is 3.00 bits per heavy atom. The zero-order valence-corrected chi connectivity index (χ0v) is 12.4. The summed E-state index contributed by atoms with van der Waals surface area (Å²) in [7, 11) is 2.19. The second kappa shape index (κ2) is 6.87. The molecule has 106 valence electrons. The van der Waals surface area contributed by atoms with Crippen molar-refractivity contribution in [3.63, 3.8) is 0 Å². The molecule has 0 aliphatic carbocycles. The van der Waals surface area contributed by atoms with Crippen LogP contribution in [0.3, 0.4) is 0 Å². The maximum absolute atomic E-state index is 4.62. The van der Waals surface area contributed by atoms with Crippen LogP contribution in [0.1, 0.15) is 25.8 Å². The number of hydrogen-bond acceptors (Lipinski definition) is 4. The molecule has 1 aromatic heterocycles. The summed E-state index contributed by atoms with van der Waals surface area (Å²) in [4.78, 5) is 9.46. The van der Waals surface area contributed by atoms with Crippen molar-refractivity contribution in [1.29, 1.82) is 0 Å². The van der Waals surface area contributed by atoms with E-state index in [1.165, 1.54) is 12.0 Å². The van der Waals surface area contributed by atoms with Crippen LogP contribution in [0.5, 0.6) is 0 Å². The van der Waals surface area contributed by atoms with E-state index in [2.05, 4.69) is 47.1 Å². The summed E-state index contributed by atoms with van der Waals surface area (Å²) in [6.45, 7) is 9.74. The van der Waals surface area contributed by atoms with Crippen molar-refractivity contribution < 1.29 is 0 Å². The fraction of sp³-hybridized carbons (Fsp3) is 0.667. The normalized spacial score (nSPS) is 20.8. The molecule has 1 fully saturated rings. The first-order valence-electron chi connectivity index (χ1n) is 7.32. The van der Waals surface area contributed by atoms with Crippen LogP contribution in [-0.4, -0.2) is 49.2 Å². The molecule has 2 rings (SSSR count). The van der Waals surface area contributed by atoms with Crippen molar-refractivity contribution in [2.75, 3.05) is 38.1 Å². The first kappa shape index (κ1) is 14.3. The molecule has 0 aromatic carbocycles. The molecule has 2 heterocycles. The lowest BCUT2D eigenvalue weighted by Crippen LogP contribution is -2.51. The third-order valence-electron chi connectivity index (χ3n) is 3.71. The molecule has 0 amide bonds. The molecule has 0 saturated carbocycles. The smallest absolute Gasteiger partial charge is 0.133 e. The van der Waals surface area contributed by atoms with Crippen molar-refractivity contribution in [2.24, 2.45) is 0 Å². The van der Waals surface area contributed by atoms with Gasteiger partial charge in [-0.25, -0.2) is 4.98 Å². The van der Waals surface area contributed by atoms with E-state index in [0.717, 1.165) is 38.5 Å². The van der Waals surface area contributed by atoms with Gasteiger partial charge in [0.25, 0.3) is 0 Å². The maximum Gasteiger partial charge on any atom is 0.133 e. The zero-order valence-electron chi connectivity index (χ0n) is 12.4. The maximum atomic E-state index is 4.62. The lowest BCUT2D eigenvalue weighted by atomic mass is 10.1. The highest BCUT2D eigenvalue weighted by Gasteiger charge is 2.24. The Kier molecular flexibility index (Phi) is 5.16. The summed E-state index contributed by atoms with van der Waals surface area (Å²) in [6, 6.07) is 4.75. The molecule has 1 atom stereocenters.